The Morgan fingerprint density at radius 1 is 1.39 bits per heavy atom. The molecule has 1 fully saturated rings. The second-order valence-corrected chi connectivity index (χ2v) is 9.55. The van der Waals surface area contributed by atoms with E-state index in [0.717, 1.165) is 4.31 Å². The zero-order chi connectivity index (χ0) is 22.4. The van der Waals surface area contributed by atoms with E-state index in [9.17, 15) is 17.6 Å². The van der Waals surface area contributed by atoms with Crippen LogP contribution < -0.4 is 10.5 Å². The first kappa shape index (κ1) is 21.2. The summed E-state index contributed by atoms with van der Waals surface area (Å²) < 4.78 is 52.0. The fourth-order valence-electron chi connectivity index (χ4n) is 3.85. The highest BCUT2D eigenvalue weighted by atomic mass is 32.2. The predicted molar refractivity (Wildman–Crippen MR) is 110 cm³/mol. The number of pyridine rings is 1. The second-order valence-electron chi connectivity index (χ2n) is 7.41. The number of aliphatic imine (C=N–C) groups is 1. The highest BCUT2D eigenvalue weighted by Crippen LogP contribution is 2.43. The molecule has 0 aliphatic carbocycles. The van der Waals surface area contributed by atoms with Gasteiger partial charge in [0.05, 0.1) is 26.5 Å². The molecule has 2 N–H and O–H groups in total. The number of halogens is 1. The van der Waals surface area contributed by atoms with Crippen LogP contribution in [0.4, 0.5) is 4.39 Å². The highest BCUT2D eigenvalue weighted by molar-refractivity contribution is 7.90. The molecule has 31 heavy (non-hydrogen) atoms. The number of fused-ring (bicyclic) bond motifs is 1. The number of carbonyl (C=O) groups is 1. The van der Waals surface area contributed by atoms with Gasteiger partial charge in [-0.05, 0) is 29.8 Å². The van der Waals surface area contributed by atoms with Crippen LogP contribution in [0, 0.1) is 5.82 Å². The maximum atomic E-state index is 14.9. The van der Waals surface area contributed by atoms with Crippen molar-refractivity contribution in [3.05, 3.63) is 59.2 Å². The first-order valence-corrected chi connectivity index (χ1v) is 10.9. The van der Waals surface area contributed by atoms with E-state index in [-0.39, 0.29) is 42.6 Å². The van der Waals surface area contributed by atoms with Crippen molar-refractivity contribution in [3.63, 3.8) is 0 Å². The van der Waals surface area contributed by atoms with E-state index in [1.807, 2.05) is 0 Å². The molecule has 0 unspecified atom stereocenters. The van der Waals surface area contributed by atoms with Crippen LogP contribution in [-0.4, -0.2) is 62.1 Å². The Morgan fingerprint density at radius 2 is 2.16 bits per heavy atom. The van der Waals surface area contributed by atoms with Crippen molar-refractivity contribution in [1.29, 1.82) is 0 Å². The van der Waals surface area contributed by atoms with Gasteiger partial charge in [0.25, 0.3) is 0 Å². The van der Waals surface area contributed by atoms with Crippen LogP contribution in [-0.2, 0) is 26.7 Å². The lowest BCUT2D eigenvalue weighted by molar-refractivity contribution is 0.0988. The van der Waals surface area contributed by atoms with Crippen molar-refractivity contribution in [1.82, 2.24) is 9.29 Å². The monoisotopic (exact) mass is 448 g/mol. The van der Waals surface area contributed by atoms with Crippen LogP contribution in [0.2, 0.25) is 0 Å². The molecule has 4 rings (SSSR count). The van der Waals surface area contributed by atoms with Gasteiger partial charge in [0.15, 0.2) is 5.78 Å². The average molecular weight is 448 g/mol. The molecule has 1 saturated heterocycles. The van der Waals surface area contributed by atoms with E-state index in [1.54, 1.807) is 12.1 Å². The van der Waals surface area contributed by atoms with Gasteiger partial charge >= 0.3 is 0 Å². The summed E-state index contributed by atoms with van der Waals surface area (Å²) in [6.45, 7) is -0.276. The van der Waals surface area contributed by atoms with Crippen LogP contribution >= 0.6 is 0 Å². The van der Waals surface area contributed by atoms with Crippen LogP contribution in [0.25, 0.3) is 0 Å². The Hall–Kier alpha value is -3.05. The molecular weight excluding hydrogens is 427 g/mol. The number of aromatic nitrogens is 1. The third-order valence-corrected chi connectivity index (χ3v) is 7.82. The minimum Gasteiger partial charge on any atom is -0.495 e. The normalized spacial score (nSPS) is 24.4. The van der Waals surface area contributed by atoms with E-state index in [0.29, 0.717) is 11.3 Å². The molecule has 0 amide bonds. The van der Waals surface area contributed by atoms with Gasteiger partial charge in [-0.2, -0.15) is 0 Å². The SMILES string of the molecule is COc1ccc(C(=O)Cc2ccc(F)c([C@]34COC[C@H]3S(=O)(=O)N(C)C(N)=N4)c2)nc1. The van der Waals surface area contributed by atoms with Gasteiger partial charge in [0.1, 0.15) is 28.0 Å². The molecule has 164 valence electrons. The standard InChI is InChI=1S/C20H21FN4O5S/c1-25-19(22)24-20(11-30-10-18(20)31(25,27)28)14-7-12(3-5-15(14)21)8-17(26)16-6-4-13(29-2)9-23-16/h3-7,9,18H,8,10-11H2,1-2H3,(H2,22,24)/t18-,20-/m1/s1. The number of carbonyl (C=O) groups excluding carboxylic acids is 1. The molecule has 2 aliphatic heterocycles. The van der Waals surface area contributed by atoms with E-state index >= 15 is 0 Å². The Kier molecular flexibility index (Phi) is 5.18. The maximum Gasteiger partial charge on any atom is 0.245 e. The number of nitrogens with two attached hydrogens (primary N) is 1. The number of guanidine groups is 1. The van der Waals surface area contributed by atoms with Crippen molar-refractivity contribution in [2.45, 2.75) is 17.2 Å². The third kappa shape index (κ3) is 3.43. The molecule has 0 bridgehead atoms. The molecule has 0 radical (unpaired) electrons. The first-order chi connectivity index (χ1) is 14.7. The minimum absolute atomic E-state index is 0.0302. The van der Waals surface area contributed by atoms with Crippen molar-refractivity contribution in [3.8, 4) is 5.75 Å². The summed E-state index contributed by atoms with van der Waals surface area (Å²) in [4.78, 5) is 21.1. The summed E-state index contributed by atoms with van der Waals surface area (Å²) in [7, 11) is -1.11. The summed E-state index contributed by atoms with van der Waals surface area (Å²) in [5.41, 5.74) is 5.08. The van der Waals surface area contributed by atoms with Crippen LogP contribution in [0.3, 0.4) is 0 Å². The van der Waals surface area contributed by atoms with Crippen LogP contribution in [0.5, 0.6) is 5.75 Å². The van der Waals surface area contributed by atoms with Crippen molar-refractivity contribution >= 4 is 21.8 Å². The number of Topliss-reactive ketones (excluding diaryl/α,β-unsaturated/α-hetero) is 1. The lowest BCUT2D eigenvalue weighted by Gasteiger charge is -2.38. The molecule has 0 saturated carbocycles. The molecule has 1 aromatic heterocycles. The van der Waals surface area contributed by atoms with Gasteiger partial charge in [0, 0.05) is 19.0 Å². The number of sulfonamides is 1. The molecule has 3 heterocycles. The minimum atomic E-state index is -3.90. The molecule has 0 spiro atoms. The van der Waals surface area contributed by atoms with Crippen molar-refractivity contribution in [2.75, 3.05) is 27.4 Å². The highest BCUT2D eigenvalue weighted by Gasteiger charge is 2.58. The fourth-order valence-corrected chi connectivity index (χ4v) is 5.54. The van der Waals surface area contributed by atoms with Crippen LogP contribution in [0.1, 0.15) is 21.6 Å². The summed E-state index contributed by atoms with van der Waals surface area (Å²) in [6.07, 6.45) is 1.38. The Bertz CT molecular complexity index is 1170. The number of hydrogen-bond donors (Lipinski definition) is 1. The van der Waals surface area contributed by atoms with Gasteiger partial charge in [-0.15, -0.1) is 0 Å². The summed E-state index contributed by atoms with van der Waals surface area (Å²) in [6, 6.07) is 7.28. The Balaban J connectivity index is 1.72. The number of hydrogen-bond acceptors (Lipinski definition) is 8. The number of ether oxygens (including phenoxy) is 2. The zero-order valence-corrected chi connectivity index (χ0v) is 17.7. The van der Waals surface area contributed by atoms with Gasteiger partial charge < -0.3 is 15.2 Å². The summed E-state index contributed by atoms with van der Waals surface area (Å²) >= 11 is 0. The topological polar surface area (TPSA) is 124 Å². The Morgan fingerprint density at radius 3 is 2.84 bits per heavy atom. The number of nitrogens with zero attached hydrogens (tertiary/aromatic N) is 3. The van der Waals surface area contributed by atoms with E-state index in [2.05, 4.69) is 9.98 Å². The third-order valence-electron chi connectivity index (χ3n) is 5.62. The number of benzene rings is 1. The zero-order valence-electron chi connectivity index (χ0n) is 16.9. The van der Waals surface area contributed by atoms with Crippen molar-refractivity contribution < 1.29 is 27.1 Å². The van der Waals surface area contributed by atoms with E-state index < -0.39 is 26.6 Å². The number of methoxy groups -OCH3 is 1. The molecular formula is C20H21FN4O5S. The fraction of sp³-hybridized carbons (Fsp3) is 0.350. The molecule has 2 aliphatic rings. The lowest BCUT2D eigenvalue weighted by atomic mass is 9.87. The van der Waals surface area contributed by atoms with E-state index in [4.69, 9.17) is 15.2 Å². The predicted octanol–water partition coefficient (Wildman–Crippen LogP) is 0.839. The van der Waals surface area contributed by atoms with E-state index in [1.165, 1.54) is 38.6 Å². The molecule has 11 heteroatoms. The smallest absolute Gasteiger partial charge is 0.245 e. The maximum absolute atomic E-state index is 14.9. The molecule has 1 aromatic carbocycles. The number of rotatable bonds is 5. The van der Waals surface area contributed by atoms with Crippen molar-refractivity contribution in [2.24, 2.45) is 10.7 Å². The molecule has 2 aromatic rings. The largest absolute Gasteiger partial charge is 0.495 e. The Labute approximate surface area is 178 Å². The average Bonchev–Trinajstić information content (AvgIpc) is 3.19. The second kappa shape index (κ2) is 7.57. The first-order valence-electron chi connectivity index (χ1n) is 9.42. The molecule has 2 atom stereocenters. The summed E-state index contributed by atoms with van der Waals surface area (Å²) in [5.74, 6) is -0.655. The number of ketones is 1. The summed E-state index contributed by atoms with van der Waals surface area (Å²) in [5, 5.41) is -1.12. The quantitative estimate of drug-likeness (QED) is 0.672. The molecule has 9 nitrogen and oxygen atoms in total. The van der Waals surface area contributed by atoms with Gasteiger partial charge in [-0.25, -0.2) is 27.1 Å². The van der Waals surface area contributed by atoms with Gasteiger partial charge in [-0.3, -0.25) is 4.79 Å². The van der Waals surface area contributed by atoms with Gasteiger partial charge in [0.2, 0.25) is 16.0 Å². The van der Waals surface area contributed by atoms with Gasteiger partial charge in [-0.1, -0.05) is 6.07 Å². The van der Waals surface area contributed by atoms with Crippen LogP contribution in [0.15, 0.2) is 41.5 Å². The lowest BCUT2D eigenvalue weighted by Crippen LogP contribution is -2.57.